The van der Waals surface area contributed by atoms with Gasteiger partial charge in [0.05, 0.1) is 13.2 Å². The lowest BCUT2D eigenvalue weighted by Gasteiger charge is -2.26. The molecular weight excluding hydrogens is 192 g/mol. The smallest absolute Gasteiger partial charge is 0.0630 e. The average molecular weight is 216 g/mol. The highest BCUT2D eigenvalue weighted by Gasteiger charge is 2.21. The third kappa shape index (κ3) is 5.47. The molecule has 1 atom stereocenters. The van der Waals surface area contributed by atoms with Gasteiger partial charge in [-0.25, -0.2) is 0 Å². The highest BCUT2D eigenvalue weighted by molar-refractivity contribution is 4.72. The van der Waals surface area contributed by atoms with Crippen LogP contribution in [0.3, 0.4) is 0 Å². The molecule has 1 aliphatic rings. The van der Waals surface area contributed by atoms with Crippen LogP contribution < -0.4 is 5.73 Å². The highest BCUT2D eigenvalue weighted by Crippen LogP contribution is 2.28. The van der Waals surface area contributed by atoms with Gasteiger partial charge in [-0.1, -0.05) is 0 Å². The second kappa shape index (κ2) is 7.17. The van der Waals surface area contributed by atoms with Gasteiger partial charge in [-0.15, -0.1) is 0 Å². The Morgan fingerprint density at radius 2 is 2.20 bits per heavy atom. The van der Waals surface area contributed by atoms with Crippen molar-refractivity contribution in [3.05, 3.63) is 0 Å². The van der Waals surface area contributed by atoms with Crippen LogP contribution in [0, 0.1) is 5.92 Å². The van der Waals surface area contributed by atoms with Crippen LogP contribution in [0.1, 0.15) is 12.8 Å². The number of rotatable bonds is 9. The Morgan fingerprint density at radius 3 is 2.73 bits per heavy atom. The first kappa shape index (κ1) is 12.9. The first-order valence-corrected chi connectivity index (χ1v) is 5.75. The molecule has 0 radical (unpaired) electrons. The van der Waals surface area contributed by atoms with Gasteiger partial charge < -0.3 is 15.2 Å². The van der Waals surface area contributed by atoms with Crippen molar-refractivity contribution in [3.63, 3.8) is 0 Å². The summed E-state index contributed by atoms with van der Waals surface area (Å²) in [6.45, 7) is 3.99. The van der Waals surface area contributed by atoms with Gasteiger partial charge in [0, 0.05) is 32.8 Å². The molecule has 0 aliphatic heterocycles. The van der Waals surface area contributed by atoms with Crippen molar-refractivity contribution < 1.29 is 9.47 Å². The Hall–Kier alpha value is -0.160. The van der Waals surface area contributed by atoms with Gasteiger partial charge >= 0.3 is 0 Å². The molecule has 2 N–H and O–H groups in total. The zero-order valence-electron chi connectivity index (χ0n) is 9.95. The average Bonchev–Trinajstić information content (AvgIpc) is 3.04. The van der Waals surface area contributed by atoms with Gasteiger partial charge in [-0.2, -0.15) is 0 Å². The molecule has 1 aliphatic carbocycles. The molecule has 0 spiro atoms. The molecule has 1 fully saturated rings. The molecule has 4 heteroatoms. The standard InChI is InChI=1S/C11H24N2O2/c1-13(11(7-12)9-14-2)5-6-15-8-10-3-4-10/h10-11H,3-9,12H2,1-2H3. The zero-order chi connectivity index (χ0) is 11.1. The topological polar surface area (TPSA) is 47.7 Å². The Morgan fingerprint density at radius 1 is 1.47 bits per heavy atom. The van der Waals surface area contributed by atoms with Gasteiger partial charge in [0.15, 0.2) is 0 Å². The van der Waals surface area contributed by atoms with Crippen molar-refractivity contribution in [1.29, 1.82) is 0 Å². The second-order valence-corrected chi connectivity index (χ2v) is 4.34. The minimum atomic E-state index is 0.305. The molecule has 1 unspecified atom stereocenters. The lowest BCUT2D eigenvalue weighted by atomic mass is 10.3. The van der Waals surface area contributed by atoms with Crippen LogP contribution in [0.5, 0.6) is 0 Å². The summed E-state index contributed by atoms with van der Waals surface area (Å²) in [5.74, 6) is 0.847. The number of hydrogen-bond donors (Lipinski definition) is 1. The zero-order valence-corrected chi connectivity index (χ0v) is 9.95. The van der Waals surface area contributed by atoms with Crippen LogP contribution in [0.25, 0.3) is 0 Å². The second-order valence-electron chi connectivity index (χ2n) is 4.34. The van der Waals surface area contributed by atoms with Crippen molar-refractivity contribution in [1.82, 2.24) is 4.90 Å². The Kier molecular flexibility index (Phi) is 6.17. The Labute approximate surface area is 92.7 Å². The van der Waals surface area contributed by atoms with E-state index in [9.17, 15) is 0 Å². The molecule has 0 aromatic heterocycles. The number of hydrogen-bond acceptors (Lipinski definition) is 4. The maximum Gasteiger partial charge on any atom is 0.0630 e. The van der Waals surface area contributed by atoms with E-state index in [0.29, 0.717) is 19.2 Å². The predicted molar refractivity (Wildman–Crippen MR) is 60.9 cm³/mol. The Bertz CT molecular complexity index is 163. The molecule has 0 bridgehead atoms. The fraction of sp³-hybridized carbons (Fsp3) is 1.00. The summed E-state index contributed by atoms with van der Waals surface area (Å²) in [7, 11) is 3.77. The minimum Gasteiger partial charge on any atom is -0.383 e. The number of likely N-dealkylation sites (N-methyl/N-ethyl adjacent to an activating group) is 1. The molecule has 1 saturated carbocycles. The summed E-state index contributed by atoms with van der Waals surface area (Å²) < 4.78 is 10.7. The molecule has 4 nitrogen and oxygen atoms in total. The van der Waals surface area contributed by atoms with Gasteiger partial charge in [0.25, 0.3) is 0 Å². The minimum absolute atomic E-state index is 0.305. The van der Waals surface area contributed by atoms with E-state index in [1.54, 1.807) is 7.11 Å². The van der Waals surface area contributed by atoms with E-state index in [2.05, 4.69) is 11.9 Å². The lowest BCUT2D eigenvalue weighted by molar-refractivity contribution is 0.0671. The SMILES string of the molecule is COCC(CN)N(C)CCOCC1CC1. The van der Waals surface area contributed by atoms with Gasteiger partial charge in [0.2, 0.25) is 0 Å². The third-order valence-corrected chi connectivity index (χ3v) is 2.89. The first-order valence-electron chi connectivity index (χ1n) is 5.75. The van der Waals surface area contributed by atoms with E-state index in [1.165, 1.54) is 12.8 Å². The maximum absolute atomic E-state index is 5.66. The van der Waals surface area contributed by atoms with E-state index in [0.717, 1.165) is 25.7 Å². The van der Waals surface area contributed by atoms with Crippen molar-refractivity contribution >= 4 is 0 Å². The van der Waals surface area contributed by atoms with Gasteiger partial charge in [-0.05, 0) is 25.8 Å². The molecule has 90 valence electrons. The molecule has 0 saturated heterocycles. The van der Waals surface area contributed by atoms with Crippen molar-refractivity contribution in [2.45, 2.75) is 18.9 Å². The van der Waals surface area contributed by atoms with E-state index < -0.39 is 0 Å². The summed E-state index contributed by atoms with van der Waals surface area (Å²) in [5, 5.41) is 0. The van der Waals surface area contributed by atoms with Crippen molar-refractivity contribution in [3.8, 4) is 0 Å². The van der Waals surface area contributed by atoms with Crippen LogP contribution in [0.2, 0.25) is 0 Å². The van der Waals surface area contributed by atoms with Crippen LogP contribution in [0.15, 0.2) is 0 Å². The molecule has 1 rings (SSSR count). The highest BCUT2D eigenvalue weighted by atomic mass is 16.5. The van der Waals surface area contributed by atoms with Gasteiger partial charge in [0.1, 0.15) is 0 Å². The summed E-state index contributed by atoms with van der Waals surface area (Å²) in [6, 6.07) is 0.305. The fourth-order valence-corrected chi connectivity index (χ4v) is 1.49. The molecule has 15 heavy (non-hydrogen) atoms. The third-order valence-electron chi connectivity index (χ3n) is 2.89. The van der Waals surface area contributed by atoms with E-state index >= 15 is 0 Å². The fourth-order valence-electron chi connectivity index (χ4n) is 1.49. The van der Waals surface area contributed by atoms with Crippen LogP contribution in [0.4, 0.5) is 0 Å². The van der Waals surface area contributed by atoms with Gasteiger partial charge in [-0.3, -0.25) is 4.90 Å². The Balaban J connectivity index is 2.00. The molecule has 0 amide bonds. The normalized spacial score (nSPS) is 18.4. The van der Waals surface area contributed by atoms with Crippen molar-refractivity contribution in [2.75, 3.05) is 47.1 Å². The number of nitrogens with zero attached hydrogens (tertiary/aromatic N) is 1. The maximum atomic E-state index is 5.66. The van der Waals surface area contributed by atoms with Crippen LogP contribution in [-0.2, 0) is 9.47 Å². The molecular formula is C11H24N2O2. The largest absolute Gasteiger partial charge is 0.383 e. The number of ether oxygens (including phenoxy) is 2. The van der Waals surface area contributed by atoms with Crippen LogP contribution >= 0.6 is 0 Å². The number of methoxy groups -OCH3 is 1. The summed E-state index contributed by atoms with van der Waals surface area (Å²) >= 11 is 0. The number of nitrogens with two attached hydrogens (primary N) is 1. The van der Waals surface area contributed by atoms with E-state index in [1.807, 2.05) is 0 Å². The quantitative estimate of drug-likeness (QED) is 0.564. The van der Waals surface area contributed by atoms with Crippen molar-refractivity contribution in [2.24, 2.45) is 11.7 Å². The predicted octanol–water partition coefficient (Wildman–Crippen LogP) is 0.319. The lowest BCUT2D eigenvalue weighted by Crippen LogP contribution is -2.42. The molecule has 0 aromatic rings. The monoisotopic (exact) mass is 216 g/mol. The first-order chi connectivity index (χ1) is 7.27. The van der Waals surface area contributed by atoms with E-state index in [-0.39, 0.29) is 0 Å². The van der Waals surface area contributed by atoms with E-state index in [4.69, 9.17) is 15.2 Å². The molecule has 0 aromatic carbocycles. The van der Waals surface area contributed by atoms with Crippen LogP contribution in [-0.4, -0.2) is 58.0 Å². The summed E-state index contributed by atoms with van der Waals surface area (Å²) in [6.07, 6.45) is 2.70. The summed E-state index contributed by atoms with van der Waals surface area (Å²) in [5.41, 5.74) is 5.66. The summed E-state index contributed by atoms with van der Waals surface area (Å²) in [4.78, 5) is 2.20. The molecule has 0 heterocycles.